The van der Waals surface area contributed by atoms with Crippen LogP contribution in [0.5, 0.6) is 5.75 Å². The summed E-state index contributed by atoms with van der Waals surface area (Å²) in [5.41, 5.74) is 2.46. The summed E-state index contributed by atoms with van der Waals surface area (Å²) in [7, 11) is 0. The van der Waals surface area contributed by atoms with Crippen LogP contribution in [0.2, 0.25) is 0 Å². The topological polar surface area (TPSA) is 49.3 Å². The van der Waals surface area contributed by atoms with Crippen molar-refractivity contribution in [2.24, 2.45) is 4.99 Å². The zero-order chi connectivity index (χ0) is 22.0. The van der Waals surface area contributed by atoms with Gasteiger partial charge in [-0.25, -0.2) is 0 Å². The van der Waals surface area contributed by atoms with Gasteiger partial charge in [0.15, 0.2) is 5.96 Å². The van der Waals surface area contributed by atoms with Crippen LogP contribution in [0.15, 0.2) is 59.6 Å². The fraction of sp³-hybridized carbons (Fsp3) is 0.500. The van der Waals surface area contributed by atoms with Gasteiger partial charge in [-0.1, -0.05) is 42.5 Å². The molecule has 0 radical (unpaired) electrons. The summed E-state index contributed by atoms with van der Waals surface area (Å²) in [6.45, 7) is 10.4. The van der Waals surface area contributed by atoms with Crippen molar-refractivity contribution in [1.29, 1.82) is 0 Å². The van der Waals surface area contributed by atoms with Crippen molar-refractivity contribution in [3.63, 3.8) is 0 Å². The third-order valence-electron chi connectivity index (χ3n) is 6.19. The van der Waals surface area contributed by atoms with Crippen LogP contribution in [0.25, 0.3) is 0 Å². The largest absolute Gasteiger partial charge is 0.489 e. The number of hydrogen-bond donors (Lipinski definition) is 1. The molecule has 1 unspecified atom stereocenters. The van der Waals surface area contributed by atoms with Crippen LogP contribution in [-0.2, 0) is 17.8 Å². The maximum absolute atomic E-state index is 5.89. The monoisotopic (exact) mass is 436 g/mol. The van der Waals surface area contributed by atoms with Crippen molar-refractivity contribution in [3.8, 4) is 5.75 Å². The fourth-order valence-corrected chi connectivity index (χ4v) is 4.38. The van der Waals surface area contributed by atoms with Gasteiger partial charge in [-0.3, -0.25) is 9.89 Å². The first-order valence-corrected chi connectivity index (χ1v) is 11.9. The maximum atomic E-state index is 5.89. The van der Waals surface area contributed by atoms with Gasteiger partial charge in [0.25, 0.3) is 0 Å². The Labute approximate surface area is 192 Å². The highest BCUT2D eigenvalue weighted by molar-refractivity contribution is 5.80. The van der Waals surface area contributed by atoms with Crippen LogP contribution in [0.1, 0.15) is 24.5 Å². The van der Waals surface area contributed by atoms with Gasteiger partial charge in [0.1, 0.15) is 12.4 Å². The standard InChI is InChI=1S/C26H36N4O2/c1-2-27-26(30-15-13-24(20-30)29-16-18-31-19-17-29)28-14-12-22-8-10-25(11-9-22)32-21-23-6-4-3-5-7-23/h3-11,24H,2,12-21H2,1H3,(H,27,28). The summed E-state index contributed by atoms with van der Waals surface area (Å²) in [4.78, 5) is 9.92. The SMILES string of the molecule is CCNC(=NCCc1ccc(OCc2ccccc2)cc1)N1CCC(N2CCOCC2)C1. The molecule has 0 spiro atoms. The first-order valence-electron chi connectivity index (χ1n) is 11.9. The van der Waals surface area contributed by atoms with Gasteiger partial charge in [-0.05, 0) is 43.0 Å². The van der Waals surface area contributed by atoms with E-state index in [-0.39, 0.29) is 0 Å². The van der Waals surface area contributed by atoms with E-state index in [1.165, 1.54) is 17.5 Å². The molecule has 2 aliphatic rings. The van der Waals surface area contributed by atoms with Crippen molar-refractivity contribution < 1.29 is 9.47 Å². The smallest absolute Gasteiger partial charge is 0.193 e. The number of morpholine rings is 1. The van der Waals surface area contributed by atoms with E-state index in [0.717, 1.165) is 70.6 Å². The molecule has 2 aliphatic heterocycles. The minimum Gasteiger partial charge on any atom is -0.489 e. The quantitative estimate of drug-likeness (QED) is 0.509. The predicted molar refractivity (Wildman–Crippen MR) is 129 cm³/mol. The number of benzene rings is 2. The Hall–Kier alpha value is -2.57. The van der Waals surface area contributed by atoms with Gasteiger partial charge in [0.2, 0.25) is 0 Å². The second-order valence-corrected chi connectivity index (χ2v) is 8.44. The number of hydrogen-bond acceptors (Lipinski definition) is 4. The van der Waals surface area contributed by atoms with E-state index in [4.69, 9.17) is 14.5 Å². The Bertz CT molecular complexity index is 835. The summed E-state index contributed by atoms with van der Waals surface area (Å²) < 4.78 is 11.4. The van der Waals surface area contributed by atoms with E-state index in [1.54, 1.807) is 0 Å². The summed E-state index contributed by atoms with van der Waals surface area (Å²) in [6.07, 6.45) is 2.13. The summed E-state index contributed by atoms with van der Waals surface area (Å²) in [5.74, 6) is 1.95. The minimum atomic E-state index is 0.595. The van der Waals surface area contributed by atoms with Crippen molar-refractivity contribution in [1.82, 2.24) is 15.1 Å². The Balaban J connectivity index is 1.25. The molecule has 2 heterocycles. The Morgan fingerprint density at radius 3 is 2.56 bits per heavy atom. The average molecular weight is 437 g/mol. The van der Waals surface area contributed by atoms with Crippen LogP contribution in [-0.4, -0.2) is 74.3 Å². The minimum absolute atomic E-state index is 0.595. The van der Waals surface area contributed by atoms with Crippen molar-refractivity contribution in [2.45, 2.75) is 32.4 Å². The summed E-state index contributed by atoms with van der Waals surface area (Å²) in [5, 5.41) is 3.49. The van der Waals surface area contributed by atoms with Gasteiger partial charge in [-0.15, -0.1) is 0 Å². The molecule has 2 aromatic carbocycles. The highest BCUT2D eigenvalue weighted by atomic mass is 16.5. The molecule has 1 atom stereocenters. The van der Waals surface area contributed by atoms with Crippen LogP contribution in [0, 0.1) is 0 Å². The van der Waals surface area contributed by atoms with E-state index in [0.29, 0.717) is 12.6 Å². The number of rotatable bonds is 8. The summed E-state index contributed by atoms with van der Waals surface area (Å²) >= 11 is 0. The predicted octanol–water partition coefficient (Wildman–Crippen LogP) is 3.18. The molecule has 32 heavy (non-hydrogen) atoms. The Morgan fingerprint density at radius 2 is 1.81 bits per heavy atom. The number of guanidine groups is 1. The Kier molecular flexibility index (Phi) is 8.40. The van der Waals surface area contributed by atoms with Crippen molar-refractivity contribution in [3.05, 3.63) is 65.7 Å². The van der Waals surface area contributed by atoms with Gasteiger partial charge in [0.05, 0.1) is 13.2 Å². The second-order valence-electron chi connectivity index (χ2n) is 8.44. The molecule has 6 nitrogen and oxygen atoms in total. The first-order chi connectivity index (χ1) is 15.8. The second kappa shape index (κ2) is 11.9. The van der Waals surface area contributed by atoms with E-state index < -0.39 is 0 Å². The van der Waals surface area contributed by atoms with E-state index in [9.17, 15) is 0 Å². The number of ether oxygens (including phenoxy) is 2. The van der Waals surface area contributed by atoms with Gasteiger partial charge in [0, 0.05) is 45.3 Å². The molecule has 172 valence electrons. The molecule has 2 saturated heterocycles. The zero-order valence-electron chi connectivity index (χ0n) is 19.2. The van der Waals surface area contributed by atoms with Crippen LogP contribution in [0.4, 0.5) is 0 Å². The molecule has 0 aromatic heterocycles. The molecule has 6 heteroatoms. The lowest BCUT2D eigenvalue weighted by atomic mass is 10.1. The molecule has 2 aromatic rings. The van der Waals surface area contributed by atoms with Crippen LogP contribution in [0.3, 0.4) is 0 Å². The molecular weight excluding hydrogens is 400 g/mol. The van der Waals surface area contributed by atoms with Crippen molar-refractivity contribution >= 4 is 5.96 Å². The number of aliphatic imine (C=N–C) groups is 1. The number of nitrogens with one attached hydrogen (secondary N) is 1. The molecule has 2 fully saturated rings. The van der Waals surface area contributed by atoms with Crippen molar-refractivity contribution in [2.75, 3.05) is 52.5 Å². The van der Waals surface area contributed by atoms with E-state index in [1.807, 2.05) is 18.2 Å². The fourth-order valence-electron chi connectivity index (χ4n) is 4.38. The third-order valence-corrected chi connectivity index (χ3v) is 6.19. The maximum Gasteiger partial charge on any atom is 0.193 e. The lowest BCUT2D eigenvalue weighted by Gasteiger charge is -2.32. The van der Waals surface area contributed by atoms with Gasteiger partial charge >= 0.3 is 0 Å². The van der Waals surface area contributed by atoms with E-state index in [2.05, 4.69) is 58.4 Å². The average Bonchev–Trinajstić information content (AvgIpc) is 3.34. The lowest BCUT2D eigenvalue weighted by molar-refractivity contribution is 0.0195. The zero-order valence-corrected chi connectivity index (χ0v) is 19.2. The molecule has 0 aliphatic carbocycles. The van der Waals surface area contributed by atoms with Gasteiger partial charge < -0.3 is 19.7 Å². The first kappa shape index (κ1) is 22.6. The molecule has 0 amide bonds. The number of nitrogens with zero attached hydrogens (tertiary/aromatic N) is 3. The molecule has 4 rings (SSSR count). The highest BCUT2D eigenvalue weighted by Gasteiger charge is 2.30. The van der Waals surface area contributed by atoms with Crippen LogP contribution < -0.4 is 10.1 Å². The molecular formula is C26H36N4O2. The molecule has 0 saturated carbocycles. The lowest BCUT2D eigenvalue weighted by Crippen LogP contribution is -2.46. The van der Waals surface area contributed by atoms with Gasteiger partial charge in [-0.2, -0.15) is 0 Å². The third kappa shape index (κ3) is 6.47. The molecule has 0 bridgehead atoms. The summed E-state index contributed by atoms with van der Waals surface area (Å²) in [6, 6.07) is 19.3. The normalized spacial score (nSPS) is 19.8. The Morgan fingerprint density at radius 1 is 1.03 bits per heavy atom. The number of likely N-dealkylation sites (tertiary alicyclic amines) is 1. The van der Waals surface area contributed by atoms with Crippen LogP contribution >= 0.6 is 0 Å². The molecule has 1 N–H and O–H groups in total. The highest BCUT2D eigenvalue weighted by Crippen LogP contribution is 2.18. The van der Waals surface area contributed by atoms with E-state index >= 15 is 0 Å².